The number of rotatable bonds is 7. The topological polar surface area (TPSA) is 86.6 Å². The molecule has 3 N–H and O–H groups in total. The minimum absolute atomic E-state index is 0.00450. The fraction of sp³-hybridized carbons (Fsp3) is 0.800. The molecule has 15 heavy (non-hydrogen) atoms. The lowest BCUT2D eigenvalue weighted by molar-refractivity contribution is -0.138. The highest BCUT2D eigenvalue weighted by Gasteiger charge is 2.18. The number of aliphatic carboxylic acids is 1. The maximum absolute atomic E-state index is 11.2. The van der Waals surface area contributed by atoms with Gasteiger partial charge in [-0.25, -0.2) is 0 Å². The minimum Gasteiger partial charge on any atom is -0.481 e. The van der Waals surface area contributed by atoms with Gasteiger partial charge in [0, 0.05) is 19.6 Å². The molecule has 0 aromatic heterocycles. The van der Waals surface area contributed by atoms with Gasteiger partial charge < -0.3 is 15.5 Å². The molecule has 0 radical (unpaired) electrons. The molecule has 5 nitrogen and oxygen atoms in total. The maximum Gasteiger partial charge on any atom is 0.303 e. The van der Waals surface area contributed by atoms with Crippen LogP contribution in [0.25, 0.3) is 0 Å². The first-order valence-corrected chi connectivity index (χ1v) is 4.97. The average Bonchev–Trinajstić information content (AvgIpc) is 2.11. The normalized spacial score (nSPS) is 11.1. The van der Waals surface area contributed by atoms with Crippen molar-refractivity contribution in [3.8, 4) is 0 Å². The van der Waals surface area contributed by atoms with Gasteiger partial charge in [-0.2, -0.15) is 0 Å². The molecular formula is C10H19NO4. The molecule has 0 aliphatic carbocycles. The number of nitrogens with one attached hydrogen (secondary N) is 1. The third-order valence-electron chi connectivity index (χ3n) is 2.12. The molecule has 0 unspecified atom stereocenters. The number of carboxylic acids is 1. The van der Waals surface area contributed by atoms with Gasteiger partial charge >= 0.3 is 5.97 Å². The van der Waals surface area contributed by atoms with Gasteiger partial charge in [0.05, 0.1) is 6.42 Å². The van der Waals surface area contributed by atoms with Crippen LogP contribution in [0.5, 0.6) is 0 Å². The second kappa shape index (κ2) is 6.40. The predicted molar refractivity (Wildman–Crippen MR) is 55.4 cm³/mol. The molecule has 0 atom stereocenters. The molecule has 0 rings (SSSR count). The first-order valence-electron chi connectivity index (χ1n) is 4.97. The fourth-order valence-corrected chi connectivity index (χ4v) is 1.04. The molecule has 0 saturated carbocycles. The Balaban J connectivity index is 3.74. The summed E-state index contributed by atoms with van der Waals surface area (Å²) in [4.78, 5) is 21.4. The van der Waals surface area contributed by atoms with Crippen LogP contribution in [0.3, 0.4) is 0 Å². The van der Waals surface area contributed by atoms with E-state index in [1.54, 1.807) is 0 Å². The number of carbonyl (C=O) groups is 2. The van der Waals surface area contributed by atoms with Crippen LogP contribution in [-0.4, -0.2) is 35.2 Å². The standard InChI is InChI=1S/C10H19NO4/c1-10(2,5-6-12)7-11-8(13)3-4-9(14)15/h12H,3-7H2,1-2H3,(H,11,13)(H,14,15). The van der Waals surface area contributed by atoms with E-state index in [2.05, 4.69) is 5.32 Å². The average molecular weight is 217 g/mol. The summed E-state index contributed by atoms with van der Waals surface area (Å²) in [5, 5.41) is 19.8. The van der Waals surface area contributed by atoms with Crippen molar-refractivity contribution in [1.82, 2.24) is 5.32 Å². The molecule has 88 valence electrons. The number of hydrogen-bond donors (Lipinski definition) is 3. The van der Waals surface area contributed by atoms with Crippen LogP contribution in [0.4, 0.5) is 0 Å². The van der Waals surface area contributed by atoms with Crippen LogP contribution >= 0.6 is 0 Å². The van der Waals surface area contributed by atoms with Crippen LogP contribution < -0.4 is 5.32 Å². The number of amides is 1. The second-order valence-electron chi connectivity index (χ2n) is 4.31. The molecule has 0 aliphatic rings. The van der Waals surface area contributed by atoms with Crippen LogP contribution in [0.1, 0.15) is 33.1 Å². The molecule has 0 aliphatic heterocycles. The van der Waals surface area contributed by atoms with E-state index in [0.29, 0.717) is 13.0 Å². The molecule has 0 heterocycles. The zero-order chi connectivity index (χ0) is 11.9. The van der Waals surface area contributed by atoms with Crippen molar-refractivity contribution >= 4 is 11.9 Å². The van der Waals surface area contributed by atoms with Gasteiger partial charge in [0.2, 0.25) is 5.91 Å². The number of hydrogen-bond acceptors (Lipinski definition) is 3. The Morgan fingerprint density at radius 2 is 1.87 bits per heavy atom. The van der Waals surface area contributed by atoms with Crippen LogP contribution in [0.2, 0.25) is 0 Å². The summed E-state index contributed by atoms with van der Waals surface area (Å²) in [5.74, 6) is -1.23. The highest BCUT2D eigenvalue weighted by Crippen LogP contribution is 2.17. The monoisotopic (exact) mass is 217 g/mol. The predicted octanol–water partition coefficient (Wildman–Crippen LogP) is 0.376. The van der Waals surface area contributed by atoms with E-state index in [4.69, 9.17) is 10.2 Å². The molecule has 0 spiro atoms. The van der Waals surface area contributed by atoms with Gasteiger partial charge in [-0.15, -0.1) is 0 Å². The van der Waals surface area contributed by atoms with E-state index in [1.807, 2.05) is 13.8 Å². The quantitative estimate of drug-likeness (QED) is 0.575. The van der Waals surface area contributed by atoms with Gasteiger partial charge in [-0.05, 0) is 11.8 Å². The van der Waals surface area contributed by atoms with Crippen molar-refractivity contribution in [3.05, 3.63) is 0 Å². The Morgan fingerprint density at radius 1 is 1.27 bits per heavy atom. The summed E-state index contributed by atoms with van der Waals surface area (Å²) in [6, 6.07) is 0. The van der Waals surface area contributed by atoms with Crippen molar-refractivity contribution in [3.63, 3.8) is 0 Å². The Hall–Kier alpha value is -1.10. The van der Waals surface area contributed by atoms with Crippen LogP contribution in [0, 0.1) is 5.41 Å². The number of aliphatic hydroxyl groups excluding tert-OH is 1. The molecule has 1 amide bonds. The molecule has 0 aromatic carbocycles. The Labute approximate surface area is 89.5 Å². The van der Waals surface area contributed by atoms with Gasteiger partial charge in [0.25, 0.3) is 0 Å². The lowest BCUT2D eigenvalue weighted by Gasteiger charge is -2.23. The van der Waals surface area contributed by atoms with Gasteiger partial charge in [-0.3, -0.25) is 9.59 Å². The smallest absolute Gasteiger partial charge is 0.303 e. The maximum atomic E-state index is 11.2. The van der Waals surface area contributed by atoms with Crippen molar-refractivity contribution in [2.45, 2.75) is 33.1 Å². The first-order chi connectivity index (χ1) is 6.87. The lowest BCUT2D eigenvalue weighted by Crippen LogP contribution is -2.34. The highest BCUT2D eigenvalue weighted by molar-refractivity contribution is 5.80. The summed E-state index contributed by atoms with van der Waals surface area (Å²) >= 11 is 0. The van der Waals surface area contributed by atoms with E-state index in [1.165, 1.54) is 0 Å². The van der Waals surface area contributed by atoms with E-state index < -0.39 is 5.97 Å². The number of carbonyl (C=O) groups excluding carboxylic acids is 1. The first kappa shape index (κ1) is 13.9. The largest absolute Gasteiger partial charge is 0.481 e. The highest BCUT2D eigenvalue weighted by atomic mass is 16.4. The second-order valence-corrected chi connectivity index (χ2v) is 4.31. The summed E-state index contributed by atoms with van der Waals surface area (Å²) in [6.45, 7) is 4.39. The van der Waals surface area contributed by atoms with Crippen LogP contribution in [-0.2, 0) is 9.59 Å². The number of aliphatic hydroxyl groups is 1. The Bertz CT molecular complexity index is 225. The molecule has 5 heteroatoms. The van der Waals surface area contributed by atoms with E-state index in [9.17, 15) is 9.59 Å². The minimum atomic E-state index is -0.972. The zero-order valence-corrected chi connectivity index (χ0v) is 9.25. The summed E-state index contributed by atoms with van der Waals surface area (Å²) in [5.41, 5.74) is -0.159. The number of carboxylic acid groups (broad SMARTS) is 1. The molecule has 0 fully saturated rings. The Morgan fingerprint density at radius 3 is 2.33 bits per heavy atom. The molecule has 0 saturated heterocycles. The molecule has 0 bridgehead atoms. The van der Waals surface area contributed by atoms with E-state index in [0.717, 1.165) is 0 Å². The summed E-state index contributed by atoms with van der Waals surface area (Å²) < 4.78 is 0. The SMILES string of the molecule is CC(C)(CCO)CNC(=O)CCC(=O)O. The summed E-state index contributed by atoms with van der Waals surface area (Å²) in [7, 11) is 0. The van der Waals surface area contributed by atoms with E-state index in [-0.39, 0.29) is 30.8 Å². The van der Waals surface area contributed by atoms with Gasteiger partial charge in [0.1, 0.15) is 0 Å². The van der Waals surface area contributed by atoms with Crippen molar-refractivity contribution in [1.29, 1.82) is 0 Å². The molecule has 0 aromatic rings. The lowest BCUT2D eigenvalue weighted by atomic mass is 9.90. The molecular weight excluding hydrogens is 198 g/mol. The van der Waals surface area contributed by atoms with Crippen molar-refractivity contribution in [2.24, 2.45) is 5.41 Å². The van der Waals surface area contributed by atoms with Crippen LogP contribution in [0.15, 0.2) is 0 Å². The van der Waals surface area contributed by atoms with E-state index >= 15 is 0 Å². The van der Waals surface area contributed by atoms with Crippen molar-refractivity contribution < 1.29 is 19.8 Å². The third-order valence-corrected chi connectivity index (χ3v) is 2.12. The van der Waals surface area contributed by atoms with Gasteiger partial charge in [0.15, 0.2) is 0 Å². The zero-order valence-electron chi connectivity index (χ0n) is 9.25. The summed E-state index contributed by atoms with van der Waals surface area (Å²) in [6.07, 6.45) is 0.461. The third kappa shape index (κ3) is 7.93. The van der Waals surface area contributed by atoms with Crippen molar-refractivity contribution in [2.75, 3.05) is 13.2 Å². The van der Waals surface area contributed by atoms with Gasteiger partial charge in [-0.1, -0.05) is 13.8 Å². The fourth-order valence-electron chi connectivity index (χ4n) is 1.04. The Kier molecular flexibility index (Phi) is 5.93.